The first-order chi connectivity index (χ1) is 13.8. The molecule has 3 aromatic rings. The second kappa shape index (κ2) is 7.18. The fourth-order valence-electron chi connectivity index (χ4n) is 3.85. The van der Waals surface area contributed by atoms with E-state index in [9.17, 15) is 23.1 Å². The van der Waals surface area contributed by atoms with E-state index in [0.29, 0.717) is 30.0 Å². The average molecular weight is 403 g/mol. The molecule has 5 nitrogen and oxygen atoms in total. The zero-order chi connectivity index (χ0) is 20.8. The van der Waals surface area contributed by atoms with Crippen molar-refractivity contribution in [3.63, 3.8) is 0 Å². The zero-order valence-corrected chi connectivity index (χ0v) is 15.8. The van der Waals surface area contributed by atoms with Crippen LogP contribution < -0.4 is 10.6 Å². The van der Waals surface area contributed by atoms with E-state index >= 15 is 0 Å². The summed E-state index contributed by atoms with van der Waals surface area (Å²) < 4.78 is 41.4. The second-order valence-electron chi connectivity index (χ2n) is 7.35. The third kappa shape index (κ3) is 3.48. The summed E-state index contributed by atoms with van der Waals surface area (Å²) in [5.74, 6) is 0.416. The van der Waals surface area contributed by atoms with Gasteiger partial charge in [-0.3, -0.25) is 4.57 Å². The summed E-state index contributed by atoms with van der Waals surface area (Å²) in [5.41, 5.74) is -0.0383. The monoisotopic (exact) mass is 403 g/mol. The molecule has 29 heavy (non-hydrogen) atoms. The van der Waals surface area contributed by atoms with Crippen LogP contribution in [0.4, 0.5) is 19.0 Å². The van der Waals surface area contributed by atoms with E-state index in [1.807, 2.05) is 4.90 Å². The van der Waals surface area contributed by atoms with Crippen LogP contribution in [0.5, 0.6) is 0 Å². The van der Waals surface area contributed by atoms with Crippen LogP contribution in [0.3, 0.4) is 0 Å². The summed E-state index contributed by atoms with van der Waals surface area (Å²) >= 11 is 0. The molecule has 1 aliphatic rings. The van der Waals surface area contributed by atoms with E-state index in [1.165, 1.54) is 10.6 Å². The largest absolute Gasteiger partial charge is 0.416 e. The number of halogens is 3. The number of hydrogen-bond acceptors (Lipinski definition) is 4. The van der Waals surface area contributed by atoms with Gasteiger partial charge in [0.05, 0.1) is 16.8 Å². The first-order valence-corrected chi connectivity index (χ1v) is 9.35. The first kappa shape index (κ1) is 19.4. The molecule has 1 saturated heterocycles. The van der Waals surface area contributed by atoms with Crippen molar-refractivity contribution in [1.82, 2.24) is 9.55 Å². The quantitative estimate of drug-likeness (QED) is 0.727. The topological polar surface area (TPSA) is 58.4 Å². The number of rotatable bonds is 3. The minimum atomic E-state index is -4.53. The maximum Gasteiger partial charge on any atom is 0.416 e. The zero-order valence-electron chi connectivity index (χ0n) is 15.8. The van der Waals surface area contributed by atoms with Crippen molar-refractivity contribution >= 4 is 16.7 Å². The van der Waals surface area contributed by atoms with E-state index in [4.69, 9.17) is 0 Å². The number of alkyl halides is 3. The van der Waals surface area contributed by atoms with Crippen molar-refractivity contribution < 1.29 is 18.3 Å². The fourth-order valence-corrected chi connectivity index (χ4v) is 3.85. The van der Waals surface area contributed by atoms with Gasteiger partial charge in [-0.25, -0.2) is 4.79 Å². The van der Waals surface area contributed by atoms with Gasteiger partial charge in [-0.15, -0.1) is 0 Å². The highest BCUT2D eigenvalue weighted by Crippen LogP contribution is 2.35. The van der Waals surface area contributed by atoms with Gasteiger partial charge in [0, 0.05) is 31.0 Å². The molecule has 1 atom stereocenters. The molecule has 0 bridgehead atoms. The summed E-state index contributed by atoms with van der Waals surface area (Å²) in [4.78, 5) is 19.1. The molecule has 1 aromatic heterocycles. The lowest BCUT2D eigenvalue weighted by atomic mass is 10.1. The van der Waals surface area contributed by atoms with E-state index in [2.05, 4.69) is 4.98 Å². The molecule has 0 spiro atoms. The highest BCUT2D eigenvalue weighted by Gasteiger charge is 2.32. The van der Waals surface area contributed by atoms with Gasteiger partial charge in [0.25, 0.3) is 0 Å². The molecule has 1 fully saturated rings. The normalized spacial score (nSPS) is 17.3. The number of anilines is 1. The van der Waals surface area contributed by atoms with Crippen molar-refractivity contribution in [2.75, 3.05) is 24.6 Å². The van der Waals surface area contributed by atoms with Crippen LogP contribution in [0.25, 0.3) is 16.6 Å². The van der Waals surface area contributed by atoms with E-state index < -0.39 is 17.4 Å². The lowest BCUT2D eigenvalue weighted by Gasteiger charge is -2.22. The number of benzene rings is 2. The average Bonchev–Trinajstić information content (AvgIpc) is 3.16. The number of fused-ring (bicyclic) bond motifs is 1. The Bertz CT molecular complexity index is 1120. The van der Waals surface area contributed by atoms with Crippen LogP contribution in [0.1, 0.15) is 17.5 Å². The highest BCUT2D eigenvalue weighted by atomic mass is 19.4. The summed E-state index contributed by atoms with van der Waals surface area (Å²) in [6, 6.07) is 10.4. The van der Waals surface area contributed by atoms with E-state index in [-0.39, 0.29) is 18.0 Å². The molecular formula is C21H20F3N3O2. The number of aliphatic hydroxyl groups excluding tert-OH is 1. The molecule has 0 aliphatic carbocycles. The van der Waals surface area contributed by atoms with Crippen LogP contribution in [-0.2, 0) is 6.18 Å². The third-order valence-electron chi connectivity index (χ3n) is 5.40. The van der Waals surface area contributed by atoms with Gasteiger partial charge in [0.2, 0.25) is 0 Å². The number of para-hydroxylation sites is 1. The molecule has 1 N–H and O–H groups in total. The van der Waals surface area contributed by atoms with E-state index in [1.54, 1.807) is 31.2 Å². The summed E-state index contributed by atoms with van der Waals surface area (Å²) in [6.07, 6.45) is -3.79. The fraction of sp³-hybridized carbons (Fsp3) is 0.333. The van der Waals surface area contributed by atoms with Crippen LogP contribution in [0.2, 0.25) is 0 Å². The molecule has 152 valence electrons. The lowest BCUT2D eigenvalue weighted by Crippen LogP contribution is -2.29. The Balaban J connectivity index is 2.01. The second-order valence-corrected chi connectivity index (χ2v) is 7.35. The van der Waals surface area contributed by atoms with Crippen molar-refractivity contribution in [3.8, 4) is 5.69 Å². The standard InChI is InChI=1S/C21H20F3N3O2/c1-13-4-2-3-5-17(13)27-18-10-15(21(22,23)24)6-7-16(18)19(25-20(27)29)26-9-8-14(11-26)12-28/h2-7,10,14,28H,8-9,11-12H2,1H3. The Morgan fingerprint density at radius 3 is 2.62 bits per heavy atom. The maximum atomic E-state index is 13.4. The molecule has 8 heteroatoms. The van der Waals surface area contributed by atoms with Gasteiger partial charge in [-0.2, -0.15) is 18.2 Å². The van der Waals surface area contributed by atoms with Gasteiger partial charge in [0.15, 0.2) is 0 Å². The van der Waals surface area contributed by atoms with Gasteiger partial charge in [-0.1, -0.05) is 18.2 Å². The summed E-state index contributed by atoms with van der Waals surface area (Å²) in [5, 5.41) is 9.88. The highest BCUT2D eigenvalue weighted by molar-refractivity contribution is 5.91. The predicted molar refractivity (Wildman–Crippen MR) is 104 cm³/mol. The Labute approximate surface area is 165 Å². The lowest BCUT2D eigenvalue weighted by molar-refractivity contribution is -0.137. The minimum absolute atomic E-state index is 0.0208. The number of aromatic nitrogens is 2. The molecule has 0 amide bonds. The number of aryl methyl sites for hydroxylation is 1. The Kier molecular flexibility index (Phi) is 4.82. The number of nitrogens with zero attached hydrogens (tertiary/aromatic N) is 3. The van der Waals surface area contributed by atoms with Crippen molar-refractivity contribution in [1.29, 1.82) is 0 Å². The van der Waals surface area contributed by atoms with E-state index in [0.717, 1.165) is 24.1 Å². The summed E-state index contributed by atoms with van der Waals surface area (Å²) in [7, 11) is 0. The van der Waals surface area contributed by atoms with Gasteiger partial charge >= 0.3 is 11.9 Å². The van der Waals surface area contributed by atoms with Crippen LogP contribution in [0, 0.1) is 12.8 Å². The number of aliphatic hydroxyl groups is 1. The Morgan fingerprint density at radius 1 is 1.21 bits per heavy atom. The van der Waals surface area contributed by atoms with Crippen LogP contribution >= 0.6 is 0 Å². The summed E-state index contributed by atoms with van der Waals surface area (Å²) in [6.45, 7) is 2.91. The molecule has 4 rings (SSSR count). The third-order valence-corrected chi connectivity index (χ3v) is 5.40. The van der Waals surface area contributed by atoms with Crippen molar-refractivity contribution in [3.05, 3.63) is 64.1 Å². The molecule has 1 aliphatic heterocycles. The van der Waals surface area contributed by atoms with Gasteiger partial charge < -0.3 is 10.0 Å². The molecular weight excluding hydrogens is 383 g/mol. The molecule has 2 aromatic carbocycles. The molecule has 0 radical (unpaired) electrons. The Morgan fingerprint density at radius 2 is 1.97 bits per heavy atom. The number of hydrogen-bond donors (Lipinski definition) is 1. The van der Waals surface area contributed by atoms with Crippen LogP contribution in [0.15, 0.2) is 47.3 Å². The van der Waals surface area contributed by atoms with Crippen molar-refractivity contribution in [2.24, 2.45) is 5.92 Å². The smallest absolute Gasteiger partial charge is 0.396 e. The first-order valence-electron chi connectivity index (χ1n) is 9.35. The maximum absolute atomic E-state index is 13.4. The minimum Gasteiger partial charge on any atom is -0.396 e. The molecule has 2 heterocycles. The Hall–Kier alpha value is -2.87. The van der Waals surface area contributed by atoms with Gasteiger partial charge in [0.1, 0.15) is 5.82 Å². The SMILES string of the molecule is Cc1ccccc1-n1c(=O)nc(N2CCC(CO)C2)c2ccc(C(F)(F)F)cc21. The van der Waals surface area contributed by atoms with Crippen LogP contribution in [-0.4, -0.2) is 34.4 Å². The predicted octanol–water partition coefficient (Wildman–Crippen LogP) is 3.53. The molecule has 0 saturated carbocycles. The van der Waals surface area contributed by atoms with Gasteiger partial charge in [-0.05, 0) is 43.2 Å². The molecule has 1 unspecified atom stereocenters. The van der Waals surface area contributed by atoms with Crippen molar-refractivity contribution in [2.45, 2.75) is 19.5 Å².